The van der Waals surface area contributed by atoms with Gasteiger partial charge in [0.05, 0.1) is 6.17 Å². The van der Waals surface area contributed by atoms with Crippen LogP contribution in [0.15, 0.2) is 24.6 Å². The Morgan fingerprint density at radius 1 is 0.880 bits per heavy atom. The van der Waals surface area contributed by atoms with E-state index in [9.17, 15) is 0 Å². The summed E-state index contributed by atoms with van der Waals surface area (Å²) in [6.45, 7) is 3.97. The summed E-state index contributed by atoms with van der Waals surface area (Å²) in [4.78, 5) is 2.33. The van der Waals surface area contributed by atoms with Crippen LogP contribution in [0.1, 0.15) is 96.8 Å². The van der Waals surface area contributed by atoms with Gasteiger partial charge < -0.3 is 16.0 Å². The molecule has 0 aromatic rings. The van der Waals surface area contributed by atoms with Crippen molar-refractivity contribution in [1.82, 2.24) is 10.2 Å². The molecule has 0 radical (unpaired) electrons. The second-order valence-corrected chi connectivity index (χ2v) is 7.40. The van der Waals surface area contributed by atoms with Crippen molar-refractivity contribution in [3.8, 4) is 0 Å². The van der Waals surface area contributed by atoms with Crippen molar-refractivity contribution in [2.75, 3.05) is 13.1 Å². The number of hydrogen-bond donors (Lipinski definition) is 2. The van der Waals surface area contributed by atoms with Gasteiger partial charge in [-0.25, -0.2) is 0 Å². The zero-order valence-electron chi connectivity index (χ0n) is 16.7. The first-order valence-corrected chi connectivity index (χ1v) is 10.9. The van der Waals surface area contributed by atoms with Gasteiger partial charge in [-0.3, -0.25) is 0 Å². The Balaban J connectivity index is 1.80. The van der Waals surface area contributed by atoms with Crippen molar-refractivity contribution in [3.05, 3.63) is 24.6 Å². The normalized spacial score (nSPS) is 16.9. The first-order chi connectivity index (χ1) is 12.4. The Morgan fingerprint density at radius 3 is 2.12 bits per heavy atom. The maximum atomic E-state index is 5.65. The molecule has 1 heterocycles. The molecule has 1 rings (SSSR count). The number of allylic oxidation sites excluding steroid dienone is 2. The van der Waals surface area contributed by atoms with Crippen molar-refractivity contribution in [1.29, 1.82) is 0 Å². The Labute approximate surface area is 157 Å². The minimum absolute atomic E-state index is 0.480. The fourth-order valence-corrected chi connectivity index (χ4v) is 3.49. The molecular formula is C22H43N3. The average Bonchev–Trinajstić information content (AvgIpc) is 3.06. The second-order valence-electron chi connectivity index (χ2n) is 7.40. The minimum atomic E-state index is 0.480. The lowest BCUT2D eigenvalue weighted by molar-refractivity contribution is 0.264. The summed E-state index contributed by atoms with van der Waals surface area (Å²) in [5, 5.41) is 3.42. The summed E-state index contributed by atoms with van der Waals surface area (Å²) in [6.07, 6.45) is 28.5. The molecular weight excluding hydrogens is 306 g/mol. The molecule has 1 unspecified atom stereocenters. The van der Waals surface area contributed by atoms with Gasteiger partial charge in [0.2, 0.25) is 0 Å². The molecule has 0 aliphatic carbocycles. The van der Waals surface area contributed by atoms with E-state index in [0.29, 0.717) is 6.17 Å². The van der Waals surface area contributed by atoms with Gasteiger partial charge in [-0.05, 0) is 38.5 Å². The predicted molar refractivity (Wildman–Crippen MR) is 111 cm³/mol. The quantitative estimate of drug-likeness (QED) is 0.262. The van der Waals surface area contributed by atoms with E-state index in [2.05, 4.69) is 41.7 Å². The fraction of sp³-hybridized carbons (Fsp3) is 0.818. The molecule has 0 fully saturated rings. The van der Waals surface area contributed by atoms with Crippen molar-refractivity contribution in [2.45, 2.75) is 103 Å². The van der Waals surface area contributed by atoms with Gasteiger partial charge in [-0.2, -0.15) is 0 Å². The average molecular weight is 350 g/mol. The molecule has 3 heteroatoms. The zero-order chi connectivity index (χ0) is 18.0. The highest BCUT2D eigenvalue weighted by atomic mass is 15.3. The highest BCUT2D eigenvalue weighted by molar-refractivity contribution is 4.94. The summed E-state index contributed by atoms with van der Waals surface area (Å²) in [6, 6.07) is 0. The fourth-order valence-electron chi connectivity index (χ4n) is 3.49. The van der Waals surface area contributed by atoms with Gasteiger partial charge >= 0.3 is 0 Å². The number of nitrogens with zero attached hydrogens (tertiary/aromatic N) is 1. The van der Waals surface area contributed by atoms with Crippen molar-refractivity contribution < 1.29 is 0 Å². The van der Waals surface area contributed by atoms with Crippen LogP contribution >= 0.6 is 0 Å². The van der Waals surface area contributed by atoms with E-state index in [1.807, 2.05) is 0 Å². The minimum Gasteiger partial charge on any atom is -0.370 e. The van der Waals surface area contributed by atoms with Crippen molar-refractivity contribution >= 4 is 0 Å². The van der Waals surface area contributed by atoms with Crippen LogP contribution in [0.3, 0.4) is 0 Å². The topological polar surface area (TPSA) is 41.3 Å². The third-order valence-electron chi connectivity index (χ3n) is 5.08. The first-order valence-electron chi connectivity index (χ1n) is 10.9. The molecule has 0 aromatic heterocycles. The largest absolute Gasteiger partial charge is 0.370 e. The van der Waals surface area contributed by atoms with Crippen LogP contribution in [0.4, 0.5) is 0 Å². The molecule has 1 atom stereocenters. The molecule has 0 aromatic carbocycles. The molecule has 0 amide bonds. The van der Waals surface area contributed by atoms with Crippen LogP contribution < -0.4 is 11.1 Å². The van der Waals surface area contributed by atoms with Gasteiger partial charge in [0, 0.05) is 25.5 Å². The third kappa shape index (κ3) is 12.1. The van der Waals surface area contributed by atoms with Crippen LogP contribution in [-0.4, -0.2) is 24.2 Å². The predicted octanol–water partition coefficient (Wildman–Crippen LogP) is 5.69. The van der Waals surface area contributed by atoms with E-state index in [1.165, 1.54) is 89.9 Å². The monoisotopic (exact) mass is 349 g/mol. The molecule has 3 N–H and O–H groups in total. The van der Waals surface area contributed by atoms with Crippen LogP contribution in [0, 0.1) is 0 Å². The van der Waals surface area contributed by atoms with Crippen molar-refractivity contribution in [3.63, 3.8) is 0 Å². The van der Waals surface area contributed by atoms with Gasteiger partial charge in [0.15, 0.2) is 0 Å². The highest BCUT2D eigenvalue weighted by Crippen LogP contribution is 2.14. The zero-order valence-corrected chi connectivity index (χ0v) is 16.7. The molecule has 25 heavy (non-hydrogen) atoms. The smallest absolute Gasteiger partial charge is 0.0981 e. The van der Waals surface area contributed by atoms with Crippen LogP contribution in [0.5, 0.6) is 0 Å². The summed E-state index contributed by atoms with van der Waals surface area (Å²) in [5.74, 6) is 0. The van der Waals surface area contributed by atoms with E-state index in [0.717, 1.165) is 13.1 Å². The highest BCUT2D eigenvalue weighted by Gasteiger charge is 2.16. The number of nitrogens with one attached hydrogen (secondary N) is 1. The summed E-state index contributed by atoms with van der Waals surface area (Å²) < 4.78 is 0. The van der Waals surface area contributed by atoms with Gasteiger partial charge in [-0.1, -0.05) is 70.4 Å². The van der Waals surface area contributed by atoms with Gasteiger partial charge in [-0.15, -0.1) is 0 Å². The lowest BCUT2D eigenvalue weighted by Gasteiger charge is -2.25. The molecule has 1 aliphatic rings. The maximum Gasteiger partial charge on any atom is 0.0981 e. The van der Waals surface area contributed by atoms with E-state index in [1.54, 1.807) is 0 Å². The summed E-state index contributed by atoms with van der Waals surface area (Å²) in [5.41, 5.74) is 5.65. The molecule has 146 valence electrons. The Morgan fingerprint density at radius 2 is 1.48 bits per heavy atom. The maximum absolute atomic E-state index is 5.65. The number of hydrogen-bond acceptors (Lipinski definition) is 3. The Hall–Kier alpha value is -0.960. The third-order valence-corrected chi connectivity index (χ3v) is 5.08. The molecule has 0 bridgehead atoms. The molecule has 0 saturated carbocycles. The molecule has 3 nitrogen and oxygen atoms in total. The van der Waals surface area contributed by atoms with E-state index in [4.69, 9.17) is 5.73 Å². The van der Waals surface area contributed by atoms with E-state index >= 15 is 0 Å². The summed E-state index contributed by atoms with van der Waals surface area (Å²) >= 11 is 0. The van der Waals surface area contributed by atoms with Crippen LogP contribution in [-0.2, 0) is 0 Å². The van der Waals surface area contributed by atoms with E-state index in [-0.39, 0.29) is 0 Å². The van der Waals surface area contributed by atoms with Crippen LogP contribution in [0.2, 0.25) is 0 Å². The van der Waals surface area contributed by atoms with Gasteiger partial charge in [0.25, 0.3) is 0 Å². The molecule has 0 saturated heterocycles. The van der Waals surface area contributed by atoms with Crippen molar-refractivity contribution in [2.24, 2.45) is 5.73 Å². The molecule has 1 aliphatic heterocycles. The standard InChI is InChI=1S/C22H43N3/c1-2-3-4-5-6-7-8-9-10-11-12-13-14-15-16-17-22-24-19-21-25(22)20-18-23/h9-10,19,21-22,24H,2-8,11-18,20,23H2,1H3/b10-9+. The molecule has 0 spiro atoms. The summed E-state index contributed by atoms with van der Waals surface area (Å²) in [7, 11) is 0. The SMILES string of the molecule is CCCCCCCC/C=C/CCCCCCCC1NC=CN1CCN. The second kappa shape index (κ2) is 16.5. The Bertz CT molecular complexity index is 338. The van der Waals surface area contributed by atoms with Gasteiger partial charge in [0.1, 0.15) is 0 Å². The van der Waals surface area contributed by atoms with E-state index < -0.39 is 0 Å². The lowest BCUT2D eigenvalue weighted by atomic mass is 10.1. The lowest BCUT2D eigenvalue weighted by Crippen LogP contribution is -2.37. The number of nitrogens with two attached hydrogens (primary N) is 1. The first kappa shape index (κ1) is 22.1. The van der Waals surface area contributed by atoms with Crippen LogP contribution in [0.25, 0.3) is 0 Å². The number of unbranched alkanes of at least 4 members (excludes halogenated alkanes) is 11. The Kier molecular flexibility index (Phi) is 14.6. The number of rotatable bonds is 17.